The van der Waals surface area contributed by atoms with Gasteiger partial charge in [-0.3, -0.25) is 0 Å². The normalized spacial score (nSPS) is 24.0. The number of carbonyl (C=O) groups is 1. The van der Waals surface area contributed by atoms with Crippen LogP contribution >= 0.6 is 0 Å². The number of carboxylic acids is 1. The number of aliphatic hydroxyl groups is 2. The van der Waals surface area contributed by atoms with Crippen LogP contribution < -0.4 is 18.9 Å². The van der Waals surface area contributed by atoms with Crippen LogP contribution in [0.2, 0.25) is 0 Å². The first-order valence-corrected chi connectivity index (χ1v) is 11.0. The van der Waals surface area contributed by atoms with E-state index in [0.29, 0.717) is 23.0 Å². The van der Waals surface area contributed by atoms with Crippen LogP contribution in [0, 0.1) is 0 Å². The third-order valence-corrected chi connectivity index (χ3v) is 6.03. The summed E-state index contributed by atoms with van der Waals surface area (Å²) in [5.74, 6) is 0.742. The lowest BCUT2D eigenvalue weighted by Crippen LogP contribution is -2.57. The second-order valence-corrected chi connectivity index (χ2v) is 8.32. The minimum atomic E-state index is -2.13. The molecule has 192 valence electrons. The van der Waals surface area contributed by atoms with Crippen molar-refractivity contribution in [2.75, 3.05) is 28.4 Å². The van der Waals surface area contributed by atoms with Crippen molar-refractivity contribution in [3.63, 3.8) is 0 Å². The van der Waals surface area contributed by atoms with Gasteiger partial charge < -0.3 is 43.7 Å². The van der Waals surface area contributed by atoms with Crippen molar-refractivity contribution in [2.45, 2.75) is 50.0 Å². The molecule has 1 aliphatic carbocycles. The van der Waals surface area contributed by atoms with Gasteiger partial charge in [0.25, 0.3) is 0 Å². The fraction of sp³-hybridized carbons (Fsp3) is 0.480. The van der Waals surface area contributed by atoms with E-state index in [1.54, 1.807) is 36.4 Å². The molecule has 3 rings (SSSR count). The monoisotopic (exact) mass is 492 g/mol. The zero-order valence-corrected chi connectivity index (χ0v) is 20.2. The highest BCUT2D eigenvalue weighted by atomic mass is 16.6. The van der Waals surface area contributed by atoms with Gasteiger partial charge >= 0.3 is 5.97 Å². The van der Waals surface area contributed by atoms with E-state index in [4.69, 9.17) is 28.4 Å². The van der Waals surface area contributed by atoms with E-state index >= 15 is 0 Å². The van der Waals surface area contributed by atoms with Gasteiger partial charge in [0.15, 0.2) is 28.6 Å². The Balaban J connectivity index is 1.77. The van der Waals surface area contributed by atoms with Gasteiger partial charge in [0.05, 0.1) is 53.9 Å². The minimum Gasteiger partial charge on any atom is -0.493 e. The average molecular weight is 493 g/mol. The Bertz CT molecular complexity index is 1010. The zero-order chi connectivity index (χ0) is 25.6. The molecule has 1 saturated carbocycles. The number of rotatable bonds is 11. The largest absolute Gasteiger partial charge is 0.493 e. The number of aliphatic carboxylic acids is 1. The van der Waals surface area contributed by atoms with Crippen molar-refractivity contribution in [1.29, 1.82) is 0 Å². The number of ether oxygens (including phenoxy) is 6. The summed E-state index contributed by atoms with van der Waals surface area (Å²) in [5.41, 5.74) is -0.641. The Hall–Kier alpha value is -3.05. The van der Waals surface area contributed by atoms with Crippen molar-refractivity contribution in [3.05, 3.63) is 47.5 Å². The average Bonchev–Trinajstić information content (AvgIpc) is 2.86. The van der Waals surface area contributed by atoms with E-state index in [9.17, 15) is 20.1 Å². The van der Waals surface area contributed by atoms with Crippen molar-refractivity contribution in [2.24, 2.45) is 0 Å². The number of methoxy groups -OCH3 is 4. The topological polar surface area (TPSA) is 133 Å². The molecular weight excluding hydrogens is 460 g/mol. The van der Waals surface area contributed by atoms with Crippen LogP contribution in [0.15, 0.2) is 36.4 Å². The Morgan fingerprint density at radius 2 is 1.31 bits per heavy atom. The third kappa shape index (κ3) is 6.15. The number of carboxylic acid groups (broad SMARTS) is 1. The number of benzene rings is 2. The Morgan fingerprint density at radius 3 is 1.77 bits per heavy atom. The fourth-order valence-electron chi connectivity index (χ4n) is 4.13. The van der Waals surface area contributed by atoms with Gasteiger partial charge in [0.2, 0.25) is 0 Å². The molecule has 2 aromatic rings. The summed E-state index contributed by atoms with van der Waals surface area (Å²) in [6.07, 6.45) is -3.66. The summed E-state index contributed by atoms with van der Waals surface area (Å²) >= 11 is 0. The summed E-state index contributed by atoms with van der Waals surface area (Å²) in [4.78, 5) is 11.7. The van der Waals surface area contributed by atoms with E-state index in [-0.39, 0.29) is 26.1 Å². The molecule has 4 atom stereocenters. The molecule has 0 amide bonds. The molecule has 0 unspecified atom stereocenters. The first-order chi connectivity index (χ1) is 16.7. The number of hydrogen-bond acceptors (Lipinski definition) is 9. The van der Waals surface area contributed by atoms with Crippen LogP contribution in [0.25, 0.3) is 0 Å². The molecule has 3 N–H and O–H groups in total. The summed E-state index contributed by atoms with van der Waals surface area (Å²) in [5, 5.41) is 30.9. The van der Waals surface area contributed by atoms with Crippen LogP contribution in [-0.2, 0) is 27.5 Å². The fourth-order valence-corrected chi connectivity index (χ4v) is 4.13. The van der Waals surface area contributed by atoms with Crippen LogP contribution in [0.1, 0.15) is 24.0 Å². The molecule has 0 aromatic heterocycles. The van der Waals surface area contributed by atoms with E-state index in [2.05, 4.69) is 0 Å². The Morgan fingerprint density at radius 1 is 0.829 bits per heavy atom. The first kappa shape index (κ1) is 26.6. The molecule has 10 heteroatoms. The van der Waals surface area contributed by atoms with Crippen molar-refractivity contribution in [1.82, 2.24) is 0 Å². The number of hydrogen-bond donors (Lipinski definition) is 3. The quantitative estimate of drug-likeness (QED) is 0.429. The van der Waals surface area contributed by atoms with E-state index in [1.165, 1.54) is 28.4 Å². The van der Waals surface area contributed by atoms with E-state index < -0.39 is 29.9 Å². The summed E-state index contributed by atoms with van der Waals surface area (Å²) in [7, 11) is 6.12. The SMILES string of the molecule is COc1ccc(CO[C@H]2[C@H](O)C[C@](O)(C(=O)O)C[C@H]2OCc2ccc(OC)c(OC)c2)cc1OC. The molecule has 35 heavy (non-hydrogen) atoms. The lowest BCUT2D eigenvalue weighted by molar-refractivity contribution is -0.207. The van der Waals surface area contributed by atoms with Crippen LogP contribution in [-0.4, -0.2) is 73.6 Å². The molecule has 1 fully saturated rings. The van der Waals surface area contributed by atoms with E-state index in [1.807, 2.05) is 0 Å². The highest BCUT2D eigenvalue weighted by molar-refractivity contribution is 5.77. The molecule has 2 aromatic carbocycles. The molecule has 0 bridgehead atoms. The smallest absolute Gasteiger partial charge is 0.335 e. The van der Waals surface area contributed by atoms with Gasteiger partial charge in [-0.1, -0.05) is 12.1 Å². The van der Waals surface area contributed by atoms with Gasteiger partial charge in [0, 0.05) is 12.8 Å². The molecule has 0 heterocycles. The maximum absolute atomic E-state index is 11.7. The standard InChI is InChI=1S/C25H32O10/c1-30-18-7-5-15(9-20(18)32-3)13-34-22-12-25(29,24(27)28)11-17(26)23(22)35-14-16-6-8-19(31-2)21(10-16)33-4/h5-10,17,22-23,26,29H,11-14H2,1-4H3,(H,27,28)/t17-,22-,23+,25-/m1/s1. The summed E-state index contributed by atoms with van der Waals surface area (Å²) in [6.45, 7) is 0.174. The van der Waals surface area contributed by atoms with Gasteiger partial charge in [-0.25, -0.2) is 4.79 Å². The molecular formula is C25H32O10. The maximum atomic E-state index is 11.7. The molecule has 0 radical (unpaired) electrons. The van der Waals surface area contributed by atoms with Crippen LogP contribution in [0.3, 0.4) is 0 Å². The highest BCUT2D eigenvalue weighted by Crippen LogP contribution is 2.35. The molecule has 0 saturated heterocycles. The van der Waals surface area contributed by atoms with E-state index in [0.717, 1.165) is 11.1 Å². The van der Waals surface area contributed by atoms with Crippen molar-refractivity contribution < 1.29 is 48.5 Å². The van der Waals surface area contributed by atoms with Crippen molar-refractivity contribution in [3.8, 4) is 23.0 Å². The molecule has 0 aliphatic heterocycles. The predicted molar refractivity (Wildman–Crippen MR) is 124 cm³/mol. The minimum absolute atomic E-state index is 0.0731. The van der Waals surface area contributed by atoms with Gasteiger partial charge in [-0.05, 0) is 35.4 Å². The second-order valence-electron chi connectivity index (χ2n) is 8.32. The molecule has 0 spiro atoms. The summed E-state index contributed by atoms with van der Waals surface area (Å²) < 4.78 is 33.1. The lowest BCUT2D eigenvalue weighted by atomic mass is 9.79. The first-order valence-electron chi connectivity index (χ1n) is 11.0. The zero-order valence-electron chi connectivity index (χ0n) is 20.2. The predicted octanol–water partition coefficient (Wildman–Crippen LogP) is 2.16. The summed E-state index contributed by atoms with van der Waals surface area (Å²) in [6, 6.07) is 10.5. The second kappa shape index (κ2) is 11.6. The van der Waals surface area contributed by atoms with Gasteiger partial charge in [-0.15, -0.1) is 0 Å². The number of aliphatic hydroxyl groups excluding tert-OH is 1. The Labute approximate surface area is 203 Å². The maximum Gasteiger partial charge on any atom is 0.335 e. The Kier molecular flexibility index (Phi) is 8.79. The molecule has 10 nitrogen and oxygen atoms in total. The highest BCUT2D eigenvalue weighted by Gasteiger charge is 2.50. The van der Waals surface area contributed by atoms with Gasteiger partial charge in [-0.2, -0.15) is 0 Å². The van der Waals surface area contributed by atoms with Crippen LogP contribution in [0.4, 0.5) is 0 Å². The lowest BCUT2D eigenvalue weighted by Gasteiger charge is -2.41. The van der Waals surface area contributed by atoms with Crippen molar-refractivity contribution >= 4 is 5.97 Å². The van der Waals surface area contributed by atoms with Gasteiger partial charge in [0.1, 0.15) is 6.10 Å². The third-order valence-electron chi connectivity index (χ3n) is 6.03. The molecule has 1 aliphatic rings. The van der Waals surface area contributed by atoms with Crippen LogP contribution in [0.5, 0.6) is 23.0 Å².